The van der Waals surface area contributed by atoms with E-state index >= 15 is 0 Å². The largest absolute Gasteiger partial charge is 0.137 e. The molecule has 0 nitrogen and oxygen atoms in total. The van der Waals surface area contributed by atoms with Gasteiger partial charge < -0.3 is 0 Å². The third-order valence-corrected chi connectivity index (χ3v) is 10.8. The van der Waals surface area contributed by atoms with Gasteiger partial charge in [0, 0.05) is 17.6 Å². The molecule has 0 fully saturated rings. The van der Waals surface area contributed by atoms with Crippen LogP contribution in [0.3, 0.4) is 0 Å². The second-order valence-corrected chi connectivity index (χ2v) is 10.4. The topological polar surface area (TPSA) is 0 Å². The Labute approximate surface area is 109 Å². The van der Waals surface area contributed by atoms with Crippen LogP contribution in [0.5, 0.6) is 0 Å². The molecule has 2 aromatic carbocycles. The molecule has 17 heavy (non-hydrogen) atoms. The second-order valence-electron chi connectivity index (χ2n) is 3.91. The number of hydrogen-bond acceptors (Lipinski definition) is 1. The van der Waals surface area contributed by atoms with Crippen LogP contribution >= 0.6 is 17.8 Å². The van der Waals surface area contributed by atoms with Crippen LogP contribution in [0.15, 0.2) is 60.7 Å². The van der Waals surface area contributed by atoms with E-state index in [1.807, 2.05) is 11.4 Å². The van der Waals surface area contributed by atoms with E-state index < -0.39 is 6.46 Å². The molecule has 0 aliphatic carbocycles. The van der Waals surface area contributed by atoms with Crippen molar-refractivity contribution in [3.05, 3.63) is 60.7 Å². The highest BCUT2D eigenvalue weighted by Gasteiger charge is 2.40. The lowest BCUT2D eigenvalue weighted by molar-refractivity contribution is 1.50. The summed E-state index contributed by atoms with van der Waals surface area (Å²) in [4.78, 5) is 0. The van der Waals surface area contributed by atoms with Crippen LogP contribution < -0.4 is 10.6 Å². The Balaban J connectivity index is 2.54. The van der Waals surface area contributed by atoms with Crippen molar-refractivity contribution in [3.8, 4) is 0 Å². The molecule has 0 saturated carbocycles. The predicted octanol–water partition coefficient (Wildman–Crippen LogP) is 3.95. The van der Waals surface area contributed by atoms with Gasteiger partial charge in [-0.05, 0) is 31.2 Å². The van der Waals surface area contributed by atoms with Crippen LogP contribution in [0.4, 0.5) is 0 Å². The molecule has 0 bridgehead atoms. The summed E-state index contributed by atoms with van der Waals surface area (Å²) >= 11 is 2.03. The lowest BCUT2D eigenvalue weighted by Gasteiger charge is -2.22. The molecule has 0 unspecified atom stereocenters. The molecule has 0 aromatic heterocycles. The molecule has 2 aromatic rings. The van der Waals surface area contributed by atoms with Gasteiger partial charge in [-0.1, -0.05) is 36.4 Å². The highest BCUT2D eigenvalue weighted by molar-refractivity contribution is 8.66. The normalized spacial score (nSPS) is 11.4. The fraction of sp³-hybridized carbons (Fsp3) is 0.200. The van der Waals surface area contributed by atoms with Gasteiger partial charge in [0.1, 0.15) is 17.1 Å². The Hall–Kier alpha value is -0.780. The molecule has 0 spiro atoms. The lowest BCUT2D eigenvalue weighted by Crippen LogP contribution is -2.21. The summed E-state index contributed by atoms with van der Waals surface area (Å²) in [6.07, 6.45) is 3.46. The molecule has 0 atom stereocenters. The van der Waals surface area contributed by atoms with E-state index in [1.165, 1.54) is 16.8 Å². The van der Waals surface area contributed by atoms with Gasteiger partial charge in [-0.2, -0.15) is 0 Å². The second kappa shape index (κ2) is 5.71. The minimum Gasteiger partial charge on any atom is -0.0620 e. The highest BCUT2D eigenvalue weighted by atomic mass is 32.7. The van der Waals surface area contributed by atoms with E-state index in [9.17, 15) is 0 Å². The maximum atomic E-state index is 2.31. The number of rotatable bonds is 4. The van der Waals surface area contributed by atoms with Crippen LogP contribution in [0.25, 0.3) is 0 Å². The van der Waals surface area contributed by atoms with Crippen LogP contribution in [-0.4, -0.2) is 12.4 Å². The molecule has 0 aliphatic heterocycles. The van der Waals surface area contributed by atoms with E-state index in [0.29, 0.717) is 0 Å². The van der Waals surface area contributed by atoms with Crippen molar-refractivity contribution in [2.75, 3.05) is 12.4 Å². The monoisotopic (exact) mass is 261 g/mol. The Bertz CT molecular complexity index is 407. The summed E-state index contributed by atoms with van der Waals surface area (Å²) in [5.41, 5.74) is 0. The zero-order chi connectivity index (χ0) is 12.1. The smallest absolute Gasteiger partial charge is 0.0620 e. The molecule has 0 amide bonds. The van der Waals surface area contributed by atoms with Crippen molar-refractivity contribution >= 4 is 28.5 Å². The molecule has 0 radical (unpaired) electrons. The first kappa shape index (κ1) is 12.7. The fourth-order valence-electron chi connectivity index (χ4n) is 2.19. The SMILES string of the molecule is CC[P+](SC)(c1ccccc1)c1ccccc1. The minimum absolute atomic E-state index is 1.21. The molecule has 0 aliphatic rings. The van der Waals surface area contributed by atoms with Gasteiger partial charge in [0.05, 0.1) is 6.16 Å². The molecule has 88 valence electrons. The van der Waals surface area contributed by atoms with Gasteiger partial charge in [-0.3, -0.25) is 0 Å². The maximum absolute atomic E-state index is 2.31. The average Bonchev–Trinajstić information content (AvgIpc) is 2.43. The van der Waals surface area contributed by atoms with Crippen molar-refractivity contribution in [2.24, 2.45) is 0 Å². The maximum Gasteiger partial charge on any atom is 0.137 e. The third-order valence-electron chi connectivity index (χ3n) is 3.10. The molecule has 0 N–H and O–H groups in total. The van der Waals surface area contributed by atoms with E-state index in [4.69, 9.17) is 0 Å². The van der Waals surface area contributed by atoms with Crippen LogP contribution in [0, 0.1) is 0 Å². The van der Waals surface area contributed by atoms with Crippen molar-refractivity contribution in [3.63, 3.8) is 0 Å². The van der Waals surface area contributed by atoms with Gasteiger partial charge in [-0.25, -0.2) is 0 Å². The van der Waals surface area contributed by atoms with Crippen LogP contribution in [0.2, 0.25) is 0 Å². The first-order valence-electron chi connectivity index (χ1n) is 5.88. The summed E-state index contributed by atoms with van der Waals surface area (Å²) in [7, 11) is 0. The first-order chi connectivity index (χ1) is 8.33. The Kier molecular flexibility index (Phi) is 4.25. The van der Waals surface area contributed by atoms with Crippen molar-refractivity contribution in [2.45, 2.75) is 6.92 Å². The standard InChI is InChI=1S/C15H18PS/c1-3-16(17-2,14-10-6-4-7-11-14)15-12-8-5-9-13-15/h4-13H,3H2,1-2H3/q+1. The third kappa shape index (κ3) is 2.41. The van der Waals surface area contributed by atoms with Gasteiger partial charge in [0.25, 0.3) is 0 Å². The average molecular weight is 261 g/mol. The molecular weight excluding hydrogens is 243 g/mol. The summed E-state index contributed by atoms with van der Waals surface area (Å²) in [5, 5.41) is 3.00. The van der Waals surface area contributed by atoms with Crippen LogP contribution in [-0.2, 0) is 0 Å². The van der Waals surface area contributed by atoms with E-state index in [-0.39, 0.29) is 0 Å². The van der Waals surface area contributed by atoms with Gasteiger partial charge >= 0.3 is 0 Å². The molecule has 0 saturated heterocycles. The van der Waals surface area contributed by atoms with Gasteiger partial charge in [-0.15, -0.1) is 0 Å². The van der Waals surface area contributed by atoms with Crippen LogP contribution in [0.1, 0.15) is 6.92 Å². The van der Waals surface area contributed by atoms with Crippen molar-refractivity contribution in [1.29, 1.82) is 0 Å². The highest BCUT2D eigenvalue weighted by Crippen LogP contribution is 2.66. The molecule has 2 heteroatoms. The summed E-state index contributed by atoms with van der Waals surface area (Å²) in [6, 6.07) is 21.9. The van der Waals surface area contributed by atoms with E-state index in [0.717, 1.165) is 0 Å². The Morgan fingerprint density at radius 1 is 0.824 bits per heavy atom. The first-order valence-corrected chi connectivity index (χ1v) is 9.69. The summed E-state index contributed by atoms with van der Waals surface area (Å²) in [6.45, 7) is 1.06. The Morgan fingerprint density at radius 3 is 1.53 bits per heavy atom. The molecule has 2 rings (SSSR count). The zero-order valence-corrected chi connectivity index (χ0v) is 12.0. The van der Waals surface area contributed by atoms with Crippen molar-refractivity contribution in [1.82, 2.24) is 0 Å². The lowest BCUT2D eigenvalue weighted by atomic mass is 10.4. The van der Waals surface area contributed by atoms with Gasteiger partial charge in [0.2, 0.25) is 0 Å². The predicted molar refractivity (Wildman–Crippen MR) is 83.1 cm³/mol. The van der Waals surface area contributed by atoms with E-state index in [2.05, 4.69) is 73.8 Å². The summed E-state index contributed by atoms with van der Waals surface area (Å²) in [5.74, 6) is 0. The Morgan fingerprint density at radius 2 is 1.24 bits per heavy atom. The van der Waals surface area contributed by atoms with Crippen molar-refractivity contribution < 1.29 is 0 Å². The minimum atomic E-state index is -1.25. The molecule has 0 heterocycles. The number of benzene rings is 2. The van der Waals surface area contributed by atoms with Gasteiger partial charge in [0.15, 0.2) is 0 Å². The summed E-state index contributed by atoms with van der Waals surface area (Å²) < 4.78 is 0. The zero-order valence-electron chi connectivity index (χ0n) is 10.3. The fourth-order valence-corrected chi connectivity index (χ4v) is 7.98. The van der Waals surface area contributed by atoms with E-state index in [1.54, 1.807) is 0 Å². The number of hydrogen-bond donors (Lipinski definition) is 0. The molecular formula is C15H18PS+. The quantitative estimate of drug-likeness (QED) is 0.751.